The lowest BCUT2D eigenvalue weighted by atomic mass is 10.1. The first kappa shape index (κ1) is 11.0. The van der Waals surface area contributed by atoms with Crippen molar-refractivity contribution in [1.82, 2.24) is 4.98 Å². The number of pyridine rings is 1. The van der Waals surface area contributed by atoms with Gasteiger partial charge in [-0.1, -0.05) is 0 Å². The molecule has 1 aromatic rings. The average Bonchev–Trinajstić information content (AvgIpc) is 2.35. The molecule has 0 amide bonds. The number of aromatic nitrogens is 1. The molecule has 0 aromatic carbocycles. The molecule has 1 aliphatic rings. The molecular formula is C11H17N3O2. The molecule has 2 rings (SSSR count). The van der Waals surface area contributed by atoms with Crippen molar-refractivity contribution in [2.45, 2.75) is 12.5 Å². The minimum atomic E-state index is 0.354. The average molecular weight is 223 g/mol. The summed E-state index contributed by atoms with van der Waals surface area (Å²) in [7, 11) is 3.33. The quantitative estimate of drug-likeness (QED) is 0.806. The van der Waals surface area contributed by atoms with E-state index in [0.717, 1.165) is 31.1 Å². The van der Waals surface area contributed by atoms with Gasteiger partial charge in [-0.15, -0.1) is 0 Å². The van der Waals surface area contributed by atoms with Crippen LogP contribution in [0, 0.1) is 0 Å². The molecule has 0 saturated carbocycles. The van der Waals surface area contributed by atoms with Gasteiger partial charge in [0.15, 0.2) is 5.82 Å². The molecule has 1 aromatic heterocycles. The van der Waals surface area contributed by atoms with E-state index in [4.69, 9.17) is 9.47 Å². The zero-order chi connectivity index (χ0) is 11.4. The van der Waals surface area contributed by atoms with Crippen molar-refractivity contribution in [2.24, 2.45) is 0 Å². The van der Waals surface area contributed by atoms with E-state index in [1.165, 1.54) is 0 Å². The van der Waals surface area contributed by atoms with Crippen LogP contribution >= 0.6 is 0 Å². The van der Waals surface area contributed by atoms with E-state index in [9.17, 15) is 0 Å². The number of hydrogen-bond donors (Lipinski definition) is 2. The van der Waals surface area contributed by atoms with Crippen LogP contribution in [0.4, 0.5) is 11.5 Å². The van der Waals surface area contributed by atoms with Crippen LogP contribution < -0.4 is 15.4 Å². The van der Waals surface area contributed by atoms with Crippen LogP contribution in [0.2, 0.25) is 0 Å². The summed E-state index contributed by atoms with van der Waals surface area (Å²) in [6, 6.07) is 4.18. The lowest BCUT2D eigenvalue weighted by Crippen LogP contribution is -2.34. The lowest BCUT2D eigenvalue weighted by Gasteiger charge is -2.27. The summed E-state index contributed by atoms with van der Waals surface area (Å²) in [5.74, 6) is 1.48. The molecule has 88 valence electrons. The van der Waals surface area contributed by atoms with Crippen molar-refractivity contribution in [3.63, 3.8) is 0 Å². The van der Waals surface area contributed by atoms with Crippen molar-refractivity contribution in [3.8, 4) is 5.88 Å². The van der Waals surface area contributed by atoms with Crippen molar-refractivity contribution in [1.29, 1.82) is 0 Å². The second-order valence-electron chi connectivity index (χ2n) is 3.75. The minimum absolute atomic E-state index is 0.354. The maximum Gasteiger partial charge on any atom is 0.215 e. The van der Waals surface area contributed by atoms with Gasteiger partial charge in [0.25, 0.3) is 0 Å². The van der Waals surface area contributed by atoms with E-state index in [0.29, 0.717) is 11.9 Å². The Morgan fingerprint density at radius 2 is 2.31 bits per heavy atom. The van der Waals surface area contributed by atoms with Gasteiger partial charge in [-0.25, -0.2) is 0 Å². The van der Waals surface area contributed by atoms with Crippen LogP contribution in [0.25, 0.3) is 0 Å². The highest BCUT2D eigenvalue weighted by Gasteiger charge is 2.18. The summed E-state index contributed by atoms with van der Waals surface area (Å²) in [6.45, 7) is 1.64. The first-order valence-corrected chi connectivity index (χ1v) is 5.38. The van der Waals surface area contributed by atoms with Crippen molar-refractivity contribution < 1.29 is 9.47 Å². The Bertz CT molecular complexity index is 357. The largest absolute Gasteiger partial charge is 0.481 e. The predicted molar refractivity (Wildman–Crippen MR) is 63.2 cm³/mol. The highest BCUT2D eigenvalue weighted by Crippen LogP contribution is 2.26. The molecule has 0 aliphatic carbocycles. The van der Waals surface area contributed by atoms with E-state index in [1.807, 2.05) is 12.1 Å². The van der Waals surface area contributed by atoms with Crippen LogP contribution in [0.15, 0.2) is 12.1 Å². The van der Waals surface area contributed by atoms with Gasteiger partial charge in [0.05, 0.1) is 12.8 Å². The highest BCUT2D eigenvalue weighted by atomic mass is 16.5. The Morgan fingerprint density at radius 3 is 3.06 bits per heavy atom. The molecular weight excluding hydrogens is 206 g/mol. The maximum atomic E-state index is 5.09. The number of hydrogen-bond acceptors (Lipinski definition) is 5. The number of rotatable bonds is 4. The molecule has 2 N–H and O–H groups in total. The topological polar surface area (TPSA) is 55.4 Å². The number of methoxy groups -OCH3 is 2. The Labute approximate surface area is 95.2 Å². The number of nitrogens with zero attached hydrogens (tertiary/aromatic N) is 1. The van der Waals surface area contributed by atoms with E-state index in [1.54, 1.807) is 14.2 Å². The van der Waals surface area contributed by atoms with E-state index >= 15 is 0 Å². The maximum absolute atomic E-state index is 5.09. The Kier molecular flexibility index (Phi) is 3.46. The predicted octanol–water partition coefficient (Wildman–Crippen LogP) is 1.33. The normalized spacial score (nSPS) is 18.2. The molecule has 1 aliphatic heterocycles. The van der Waals surface area contributed by atoms with Crippen LogP contribution in [-0.4, -0.2) is 38.4 Å². The van der Waals surface area contributed by atoms with Crippen LogP contribution in [-0.2, 0) is 4.74 Å². The SMILES string of the molecule is COCCC1CNc2ccc(OC)nc2N1. The third kappa shape index (κ3) is 2.36. The second-order valence-corrected chi connectivity index (χ2v) is 3.75. The van der Waals surface area contributed by atoms with Gasteiger partial charge in [0, 0.05) is 32.4 Å². The number of nitrogens with one attached hydrogen (secondary N) is 2. The monoisotopic (exact) mass is 223 g/mol. The summed E-state index contributed by atoms with van der Waals surface area (Å²) < 4.78 is 10.2. The van der Waals surface area contributed by atoms with Crippen LogP contribution in [0.1, 0.15) is 6.42 Å². The molecule has 1 atom stereocenters. The minimum Gasteiger partial charge on any atom is -0.481 e. The number of anilines is 2. The van der Waals surface area contributed by atoms with Gasteiger partial charge in [-0.2, -0.15) is 4.98 Å². The Hall–Kier alpha value is -1.49. The van der Waals surface area contributed by atoms with Crippen molar-refractivity contribution >= 4 is 11.5 Å². The molecule has 5 nitrogen and oxygen atoms in total. The molecule has 0 radical (unpaired) electrons. The van der Waals surface area contributed by atoms with E-state index in [2.05, 4.69) is 15.6 Å². The van der Waals surface area contributed by atoms with E-state index < -0.39 is 0 Å². The molecule has 0 spiro atoms. The van der Waals surface area contributed by atoms with Crippen molar-refractivity contribution in [2.75, 3.05) is 38.0 Å². The molecule has 5 heteroatoms. The standard InChI is InChI=1S/C11H17N3O2/c1-15-6-5-8-7-12-9-3-4-10(16-2)14-11(9)13-8/h3-4,8,12H,5-7H2,1-2H3,(H,13,14). The fourth-order valence-corrected chi connectivity index (χ4v) is 1.72. The summed E-state index contributed by atoms with van der Waals surface area (Å²) >= 11 is 0. The summed E-state index contributed by atoms with van der Waals surface area (Å²) in [5, 5.41) is 6.71. The van der Waals surface area contributed by atoms with Crippen LogP contribution in [0.5, 0.6) is 5.88 Å². The zero-order valence-electron chi connectivity index (χ0n) is 9.62. The molecule has 0 bridgehead atoms. The van der Waals surface area contributed by atoms with Gasteiger partial charge in [0.1, 0.15) is 0 Å². The van der Waals surface area contributed by atoms with E-state index in [-0.39, 0.29) is 0 Å². The summed E-state index contributed by atoms with van der Waals surface area (Å²) in [5.41, 5.74) is 1.02. The Morgan fingerprint density at radius 1 is 1.44 bits per heavy atom. The first-order valence-electron chi connectivity index (χ1n) is 5.38. The first-order chi connectivity index (χ1) is 7.83. The third-order valence-corrected chi connectivity index (χ3v) is 2.63. The highest BCUT2D eigenvalue weighted by molar-refractivity contribution is 5.67. The molecule has 16 heavy (non-hydrogen) atoms. The molecule has 0 saturated heterocycles. The second kappa shape index (κ2) is 5.03. The van der Waals surface area contributed by atoms with Crippen LogP contribution in [0.3, 0.4) is 0 Å². The van der Waals surface area contributed by atoms with Gasteiger partial charge >= 0.3 is 0 Å². The number of ether oxygens (including phenoxy) is 2. The smallest absolute Gasteiger partial charge is 0.215 e. The van der Waals surface area contributed by atoms with Gasteiger partial charge in [-0.3, -0.25) is 0 Å². The fourth-order valence-electron chi connectivity index (χ4n) is 1.72. The summed E-state index contributed by atoms with van der Waals surface area (Å²) in [4.78, 5) is 4.35. The molecule has 2 heterocycles. The third-order valence-electron chi connectivity index (χ3n) is 2.63. The zero-order valence-corrected chi connectivity index (χ0v) is 9.62. The molecule has 1 unspecified atom stereocenters. The lowest BCUT2D eigenvalue weighted by molar-refractivity contribution is 0.190. The van der Waals surface area contributed by atoms with Crippen molar-refractivity contribution in [3.05, 3.63) is 12.1 Å². The number of fused-ring (bicyclic) bond motifs is 1. The summed E-state index contributed by atoms with van der Waals surface area (Å²) in [6.07, 6.45) is 0.960. The fraction of sp³-hybridized carbons (Fsp3) is 0.545. The molecule has 0 fully saturated rings. The van der Waals surface area contributed by atoms with Gasteiger partial charge < -0.3 is 20.1 Å². The Balaban J connectivity index is 2.06. The van der Waals surface area contributed by atoms with Gasteiger partial charge in [-0.05, 0) is 12.5 Å². The van der Waals surface area contributed by atoms with Gasteiger partial charge in [0.2, 0.25) is 5.88 Å².